The van der Waals surface area contributed by atoms with Crippen molar-refractivity contribution in [3.63, 3.8) is 0 Å². The monoisotopic (exact) mass is 284 g/mol. The number of nitrogen functional groups attached to an aromatic ring is 1. The smallest absolute Gasteiger partial charge is 0.222 e. The van der Waals surface area contributed by atoms with Crippen LogP contribution in [0.4, 0.5) is 5.88 Å². The number of hydrogen-bond donors (Lipinski definition) is 2. The van der Waals surface area contributed by atoms with E-state index in [0.29, 0.717) is 44.7 Å². The van der Waals surface area contributed by atoms with E-state index >= 15 is 0 Å². The number of rotatable bonds is 1. The van der Waals surface area contributed by atoms with Crippen molar-refractivity contribution in [2.45, 2.75) is 13.8 Å². The van der Waals surface area contributed by atoms with Crippen LogP contribution in [-0.2, 0) is 0 Å². The van der Waals surface area contributed by atoms with Crippen LogP contribution in [0.3, 0.4) is 0 Å². The third kappa shape index (κ3) is 1.56. The molecule has 3 N–H and O–H groups in total. The molecule has 0 amide bonds. The third-order valence-electron chi connectivity index (χ3n) is 3.46. The number of phenols is 1. The molecule has 4 rings (SSSR count). The Labute approximate surface area is 118 Å². The van der Waals surface area contributed by atoms with Gasteiger partial charge in [-0.25, -0.2) is 0 Å². The van der Waals surface area contributed by atoms with Gasteiger partial charge < -0.3 is 24.2 Å². The Morgan fingerprint density at radius 2 is 1.67 bits per heavy atom. The van der Waals surface area contributed by atoms with E-state index in [0.717, 1.165) is 0 Å². The average molecular weight is 284 g/mol. The van der Waals surface area contributed by atoms with Gasteiger partial charge in [-0.2, -0.15) is 0 Å². The molecule has 0 unspecified atom stereocenters. The van der Waals surface area contributed by atoms with Gasteiger partial charge in [0.15, 0.2) is 11.3 Å². The number of phenolic OH excluding ortho intramolecular Hbond substituents is 1. The fourth-order valence-electron chi connectivity index (χ4n) is 2.66. The number of anilines is 1. The highest BCUT2D eigenvalue weighted by molar-refractivity contribution is 6.13. The third-order valence-corrected chi connectivity index (χ3v) is 3.46. The summed E-state index contributed by atoms with van der Waals surface area (Å²) in [5, 5.41) is 15.6. The lowest BCUT2D eigenvalue weighted by Gasteiger charge is -2.02. The molecule has 0 saturated heterocycles. The quantitative estimate of drug-likeness (QED) is 0.552. The Kier molecular flexibility index (Phi) is 2.16. The van der Waals surface area contributed by atoms with Gasteiger partial charge in [0.25, 0.3) is 0 Å². The first-order valence-electron chi connectivity index (χ1n) is 6.42. The summed E-state index contributed by atoms with van der Waals surface area (Å²) >= 11 is 0. The standard InChI is InChI=1S/C15H12N2O4/c1-6-3-8-12(10-5-11(16)21-17-10)14-9(4-7(2)19-14)13(18)15(8)20-6/h3-5,18H,16H2,1-2H3. The second-order valence-electron chi connectivity index (χ2n) is 5.04. The highest BCUT2D eigenvalue weighted by atomic mass is 16.5. The molecule has 0 spiro atoms. The van der Waals surface area contributed by atoms with E-state index in [4.69, 9.17) is 19.1 Å². The first-order chi connectivity index (χ1) is 10.0. The van der Waals surface area contributed by atoms with Crippen LogP contribution in [0.25, 0.3) is 33.2 Å². The Balaban J connectivity index is 2.25. The lowest BCUT2D eigenvalue weighted by Crippen LogP contribution is -1.82. The molecule has 0 aliphatic heterocycles. The number of aromatic nitrogens is 1. The molecule has 0 fully saturated rings. The molecular weight excluding hydrogens is 272 g/mol. The maximum atomic E-state index is 10.4. The van der Waals surface area contributed by atoms with E-state index in [2.05, 4.69) is 5.16 Å². The number of hydrogen-bond acceptors (Lipinski definition) is 6. The van der Waals surface area contributed by atoms with Gasteiger partial charge in [-0.3, -0.25) is 0 Å². The van der Waals surface area contributed by atoms with E-state index in [1.54, 1.807) is 12.1 Å². The molecule has 106 valence electrons. The van der Waals surface area contributed by atoms with Crippen molar-refractivity contribution in [1.82, 2.24) is 5.16 Å². The maximum absolute atomic E-state index is 10.4. The van der Waals surface area contributed by atoms with E-state index in [9.17, 15) is 5.11 Å². The van der Waals surface area contributed by atoms with Crippen LogP contribution in [0.5, 0.6) is 5.75 Å². The molecule has 6 nitrogen and oxygen atoms in total. The summed E-state index contributed by atoms with van der Waals surface area (Å²) in [5.41, 5.74) is 7.78. The number of aromatic hydroxyl groups is 1. The molecule has 0 bridgehead atoms. The molecule has 1 aromatic carbocycles. The number of aryl methyl sites for hydroxylation is 2. The summed E-state index contributed by atoms with van der Waals surface area (Å²) in [6.45, 7) is 3.63. The maximum Gasteiger partial charge on any atom is 0.222 e. The first-order valence-corrected chi connectivity index (χ1v) is 6.42. The lowest BCUT2D eigenvalue weighted by atomic mass is 10.0. The lowest BCUT2D eigenvalue weighted by molar-refractivity contribution is 0.439. The Bertz CT molecular complexity index is 933. The molecule has 0 aliphatic rings. The topological polar surface area (TPSA) is 98.6 Å². The summed E-state index contributed by atoms with van der Waals surface area (Å²) in [7, 11) is 0. The molecule has 0 saturated carbocycles. The number of benzene rings is 1. The van der Waals surface area contributed by atoms with Crippen molar-refractivity contribution >= 4 is 27.8 Å². The largest absolute Gasteiger partial charge is 0.504 e. The zero-order valence-corrected chi connectivity index (χ0v) is 11.4. The molecule has 3 heterocycles. The molecule has 0 aliphatic carbocycles. The molecule has 21 heavy (non-hydrogen) atoms. The summed E-state index contributed by atoms with van der Waals surface area (Å²) in [5.74, 6) is 1.64. The van der Waals surface area contributed by atoms with E-state index in [-0.39, 0.29) is 11.6 Å². The minimum atomic E-state index is 0.0603. The van der Waals surface area contributed by atoms with Gasteiger partial charge in [-0.1, -0.05) is 5.16 Å². The van der Waals surface area contributed by atoms with E-state index in [1.807, 2.05) is 19.9 Å². The number of fused-ring (bicyclic) bond motifs is 2. The van der Waals surface area contributed by atoms with Crippen molar-refractivity contribution in [1.29, 1.82) is 0 Å². The Morgan fingerprint density at radius 1 is 1.00 bits per heavy atom. The van der Waals surface area contributed by atoms with Crippen LogP contribution in [0.2, 0.25) is 0 Å². The Hall–Kier alpha value is -2.89. The second kappa shape index (κ2) is 3.82. The van der Waals surface area contributed by atoms with Crippen LogP contribution in [0.1, 0.15) is 11.5 Å². The van der Waals surface area contributed by atoms with E-state index < -0.39 is 0 Å². The van der Waals surface area contributed by atoms with E-state index in [1.165, 1.54) is 0 Å². The zero-order valence-electron chi connectivity index (χ0n) is 11.4. The minimum absolute atomic E-state index is 0.0603. The predicted molar refractivity (Wildman–Crippen MR) is 77.0 cm³/mol. The van der Waals surface area contributed by atoms with Gasteiger partial charge in [0.05, 0.1) is 10.9 Å². The summed E-state index contributed by atoms with van der Waals surface area (Å²) in [6.07, 6.45) is 0. The fourth-order valence-corrected chi connectivity index (χ4v) is 2.66. The molecule has 0 atom stereocenters. The van der Waals surface area contributed by atoms with Crippen LogP contribution in [-0.4, -0.2) is 10.3 Å². The number of nitrogens with two attached hydrogens (primary N) is 1. The summed E-state index contributed by atoms with van der Waals surface area (Å²) in [4.78, 5) is 0. The highest BCUT2D eigenvalue weighted by Crippen LogP contribution is 2.44. The molecule has 4 aromatic rings. The second-order valence-corrected chi connectivity index (χ2v) is 5.04. The fraction of sp³-hybridized carbons (Fsp3) is 0.133. The van der Waals surface area contributed by atoms with Crippen molar-refractivity contribution in [2.24, 2.45) is 0 Å². The van der Waals surface area contributed by atoms with Crippen molar-refractivity contribution < 1.29 is 18.5 Å². The molecule has 0 radical (unpaired) electrons. The van der Waals surface area contributed by atoms with Gasteiger partial charge >= 0.3 is 0 Å². The minimum Gasteiger partial charge on any atom is -0.504 e. The predicted octanol–water partition coefficient (Wildman–Crippen LogP) is 3.74. The molecular formula is C15H12N2O4. The Morgan fingerprint density at radius 3 is 2.33 bits per heavy atom. The highest BCUT2D eigenvalue weighted by Gasteiger charge is 2.23. The average Bonchev–Trinajstić information content (AvgIpc) is 3.09. The first kappa shape index (κ1) is 11.9. The van der Waals surface area contributed by atoms with Crippen LogP contribution < -0.4 is 5.73 Å². The van der Waals surface area contributed by atoms with Gasteiger partial charge in [-0.05, 0) is 26.0 Å². The zero-order chi connectivity index (χ0) is 14.7. The summed E-state index contributed by atoms with van der Waals surface area (Å²) in [6, 6.07) is 5.20. The van der Waals surface area contributed by atoms with Crippen LogP contribution >= 0.6 is 0 Å². The van der Waals surface area contributed by atoms with Gasteiger partial charge in [0.2, 0.25) is 5.88 Å². The van der Waals surface area contributed by atoms with Gasteiger partial charge in [0.1, 0.15) is 22.8 Å². The van der Waals surface area contributed by atoms with Crippen LogP contribution in [0, 0.1) is 13.8 Å². The number of furan rings is 2. The number of nitrogens with zero attached hydrogens (tertiary/aromatic N) is 1. The SMILES string of the molecule is Cc1cc2c(-c3cc(N)on3)c3oc(C)cc3c(O)c2o1. The van der Waals surface area contributed by atoms with Crippen molar-refractivity contribution in [3.05, 3.63) is 29.7 Å². The summed E-state index contributed by atoms with van der Waals surface area (Å²) < 4.78 is 16.3. The molecule has 6 heteroatoms. The van der Waals surface area contributed by atoms with Gasteiger partial charge in [0, 0.05) is 11.5 Å². The molecule has 3 aromatic heterocycles. The van der Waals surface area contributed by atoms with Crippen molar-refractivity contribution in [3.8, 4) is 17.0 Å². The van der Waals surface area contributed by atoms with Crippen molar-refractivity contribution in [2.75, 3.05) is 5.73 Å². The normalized spacial score (nSPS) is 11.7. The van der Waals surface area contributed by atoms with Crippen LogP contribution in [0.15, 0.2) is 31.6 Å². The van der Waals surface area contributed by atoms with Gasteiger partial charge in [-0.15, -0.1) is 0 Å².